The Morgan fingerprint density at radius 3 is 2.56 bits per heavy atom. The molecule has 0 bridgehead atoms. The minimum absolute atomic E-state index is 0.293. The molecule has 0 aromatic carbocycles. The lowest BCUT2D eigenvalue weighted by Crippen LogP contribution is -2.39. The van der Waals surface area contributed by atoms with Gasteiger partial charge in [0, 0.05) is 24.2 Å². The zero-order chi connectivity index (χ0) is 12.1. The van der Waals surface area contributed by atoms with Crippen LogP contribution in [0.25, 0.3) is 0 Å². The predicted molar refractivity (Wildman–Crippen MR) is 68.9 cm³/mol. The van der Waals surface area contributed by atoms with Crippen LogP contribution in [-0.2, 0) is 4.74 Å². The van der Waals surface area contributed by atoms with Crippen LogP contribution < -0.4 is 5.32 Å². The van der Waals surface area contributed by atoms with Gasteiger partial charge in [0.2, 0.25) is 0 Å². The Morgan fingerprint density at radius 2 is 2.12 bits per heavy atom. The van der Waals surface area contributed by atoms with E-state index in [0.29, 0.717) is 18.0 Å². The van der Waals surface area contributed by atoms with E-state index in [2.05, 4.69) is 38.0 Å². The summed E-state index contributed by atoms with van der Waals surface area (Å²) < 4.78 is 5.23. The van der Waals surface area contributed by atoms with Crippen LogP contribution in [0.5, 0.6) is 0 Å². The molecule has 1 aromatic heterocycles. The van der Waals surface area contributed by atoms with Crippen molar-refractivity contribution in [3.63, 3.8) is 0 Å². The van der Waals surface area contributed by atoms with Crippen LogP contribution in [0.4, 0.5) is 0 Å². The number of hydrogen-bond donors (Lipinski definition) is 1. The van der Waals surface area contributed by atoms with Crippen molar-refractivity contribution in [3.8, 4) is 0 Å². The second-order valence-corrected chi connectivity index (χ2v) is 5.77. The van der Waals surface area contributed by atoms with Crippen molar-refractivity contribution >= 4 is 11.3 Å². The zero-order valence-electron chi connectivity index (χ0n) is 10.8. The van der Waals surface area contributed by atoms with E-state index in [9.17, 15) is 0 Å². The van der Waals surface area contributed by atoms with Gasteiger partial charge in [-0.05, 0) is 19.8 Å². The van der Waals surface area contributed by atoms with Crippen molar-refractivity contribution in [1.29, 1.82) is 0 Å². The third-order valence-corrected chi connectivity index (χ3v) is 3.72. The largest absolute Gasteiger partial charge is 0.383 e. The van der Waals surface area contributed by atoms with E-state index in [1.54, 1.807) is 18.4 Å². The smallest absolute Gasteiger partial charge is 0.109 e. The molecule has 92 valence electrons. The average Bonchev–Trinajstić information content (AvgIpc) is 2.64. The van der Waals surface area contributed by atoms with Gasteiger partial charge in [0.25, 0.3) is 0 Å². The van der Waals surface area contributed by atoms with Gasteiger partial charge in [-0.2, -0.15) is 0 Å². The van der Waals surface area contributed by atoms with E-state index in [4.69, 9.17) is 4.74 Å². The first-order valence-electron chi connectivity index (χ1n) is 5.72. The summed E-state index contributed by atoms with van der Waals surface area (Å²) in [6.07, 6.45) is 1.93. The quantitative estimate of drug-likeness (QED) is 0.833. The van der Waals surface area contributed by atoms with Crippen LogP contribution in [0.2, 0.25) is 0 Å². The predicted octanol–water partition coefficient (Wildman–Crippen LogP) is 2.77. The third kappa shape index (κ3) is 3.85. The van der Waals surface area contributed by atoms with Crippen molar-refractivity contribution < 1.29 is 4.74 Å². The molecule has 0 fully saturated rings. The fraction of sp³-hybridized carbons (Fsp3) is 0.750. The van der Waals surface area contributed by atoms with Gasteiger partial charge in [-0.25, -0.2) is 4.98 Å². The summed E-state index contributed by atoms with van der Waals surface area (Å²) in [4.78, 5) is 5.66. The van der Waals surface area contributed by atoms with Crippen molar-refractivity contribution in [1.82, 2.24) is 10.3 Å². The van der Waals surface area contributed by atoms with Gasteiger partial charge in [-0.15, -0.1) is 11.3 Å². The molecule has 1 N–H and O–H groups in total. The molecule has 0 saturated heterocycles. The van der Waals surface area contributed by atoms with E-state index in [1.165, 1.54) is 4.88 Å². The van der Waals surface area contributed by atoms with Crippen molar-refractivity contribution in [2.45, 2.75) is 39.8 Å². The highest BCUT2D eigenvalue weighted by Crippen LogP contribution is 2.20. The molecule has 0 saturated carbocycles. The first-order valence-corrected chi connectivity index (χ1v) is 6.53. The highest BCUT2D eigenvalue weighted by atomic mass is 32.1. The van der Waals surface area contributed by atoms with Crippen LogP contribution in [0, 0.1) is 12.8 Å². The van der Waals surface area contributed by atoms with Gasteiger partial charge in [-0.1, -0.05) is 13.8 Å². The summed E-state index contributed by atoms with van der Waals surface area (Å²) >= 11 is 1.75. The molecule has 0 amide bonds. The first kappa shape index (κ1) is 13.6. The van der Waals surface area contributed by atoms with E-state index in [0.717, 1.165) is 11.6 Å². The Balaban J connectivity index is 2.57. The van der Waals surface area contributed by atoms with E-state index < -0.39 is 0 Å². The average molecular weight is 242 g/mol. The second-order valence-electron chi connectivity index (χ2n) is 4.50. The maximum Gasteiger partial charge on any atom is 0.109 e. The lowest BCUT2D eigenvalue weighted by Gasteiger charge is -2.24. The monoisotopic (exact) mass is 242 g/mol. The first-order chi connectivity index (χ1) is 7.54. The van der Waals surface area contributed by atoms with Gasteiger partial charge in [0.05, 0.1) is 12.6 Å². The van der Waals surface area contributed by atoms with Crippen LogP contribution in [0.1, 0.15) is 36.7 Å². The SMILES string of the molecule is COCC(NC(C)c1ncc(C)s1)C(C)C. The fourth-order valence-corrected chi connectivity index (χ4v) is 2.36. The second kappa shape index (κ2) is 6.33. The van der Waals surface area contributed by atoms with E-state index in [-0.39, 0.29) is 0 Å². The number of nitrogens with zero attached hydrogens (tertiary/aromatic N) is 1. The summed E-state index contributed by atoms with van der Waals surface area (Å²) in [6.45, 7) is 9.39. The minimum Gasteiger partial charge on any atom is -0.383 e. The number of methoxy groups -OCH3 is 1. The lowest BCUT2D eigenvalue weighted by atomic mass is 10.0. The topological polar surface area (TPSA) is 34.1 Å². The van der Waals surface area contributed by atoms with Gasteiger partial charge in [-0.3, -0.25) is 0 Å². The Kier molecular flexibility index (Phi) is 5.38. The molecular weight excluding hydrogens is 220 g/mol. The normalized spacial score (nSPS) is 15.4. The van der Waals surface area contributed by atoms with Gasteiger partial charge in [0.1, 0.15) is 5.01 Å². The van der Waals surface area contributed by atoms with Gasteiger partial charge < -0.3 is 10.1 Å². The molecule has 2 atom stereocenters. The molecular formula is C12H22N2OS. The summed E-state index contributed by atoms with van der Waals surface area (Å²) in [6, 6.07) is 0.672. The van der Waals surface area contributed by atoms with Gasteiger partial charge >= 0.3 is 0 Å². The number of hydrogen-bond acceptors (Lipinski definition) is 4. The van der Waals surface area contributed by atoms with Crippen molar-refractivity contribution in [2.75, 3.05) is 13.7 Å². The standard InChI is InChI=1S/C12H22N2OS/c1-8(2)11(7-15-5)14-10(4)12-13-6-9(3)16-12/h6,8,10-11,14H,7H2,1-5H3. The Hall–Kier alpha value is -0.450. The molecule has 1 aromatic rings. The molecule has 2 unspecified atom stereocenters. The summed E-state index contributed by atoms with van der Waals surface area (Å²) in [7, 11) is 1.75. The Labute approximate surface area is 102 Å². The summed E-state index contributed by atoms with van der Waals surface area (Å²) in [5.74, 6) is 0.559. The van der Waals surface area contributed by atoms with Crippen LogP contribution in [0.15, 0.2) is 6.20 Å². The summed E-state index contributed by atoms with van der Waals surface area (Å²) in [5.41, 5.74) is 0. The fourth-order valence-electron chi connectivity index (χ4n) is 1.58. The number of nitrogens with one attached hydrogen (secondary N) is 1. The molecule has 0 radical (unpaired) electrons. The molecule has 4 heteroatoms. The van der Waals surface area contributed by atoms with Crippen LogP contribution in [0.3, 0.4) is 0 Å². The third-order valence-electron chi connectivity index (χ3n) is 2.62. The number of rotatable bonds is 6. The van der Waals surface area contributed by atoms with E-state index in [1.807, 2.05) is 6.20 Å². The molecule has 1 rings (SSSR count). The number of ether oxygens (including phenoxy) is 1. The molecule has 0 spiro atoms. The minimum atomic E-state index is 0.293. The van der Waals surface area contributed by atoms with Crippen LogP contribution in [-0.4, -0.2) is 24.7 Å². The number of thiazole rings is 1. The van der Waals surface area contributed by atoms with Gasteiger partial charge in [0.15, 0.2) is 0 Å². The highest BCUT2D eigenvalue weighted by molar-refractivity contribution is 7.11. The molecule has 0 aliphatic rings. The zero-order valence-corrected chi connectivity index (χ0v) is 11.6. The van der Waals surface area contributed by atoms with Crippen molar-refractivity contribution in [3.05, 3.63) is 16.1 Å². The summed E-state index contributed by atoms with van der Waals surface area (Å²) in [5, 5.41) is 4.72. The van der Waals surface area contributed by atoms with E-state index >= 15 is 0 Å². The maximum absolute atomic E-state index is 5.23. The number of aromatic nitrogens is 1. The molecule has 0 aliphatic heterocycles. The molecule has 3 nitrogen and oxygen atoms in total. The van der Waals surface area contributed by atoms with Crippen molar-refractivity contribution in [2.24, 2.45) is 5.92 Å². The molecule has 1 heterocycles. The Bertz CT molecular complexity index is 312. The molecule has 16 heavy (non-hydrogen) atoms. The lowest BCUT2D eigenvalue weighted by molar-refractivity contribution is 0.141. The number of aryl methyl sites for hydroxylation is 1. The highest BCUT2D eigenvalue weighted by Gasteiger charge is 2.18. The maximum atomic E-state index is 5.23. The van der Waals surface area contributed by atoms with Crippen LogP contribution >= 0.6 is 11.3 Å². The Morgan fingerprint density at radius 1 is 1.44 bits per heavy atom. The molecule has 0 aliphatic carbocycles.